The van der Waals surface area contributed by atoms with Gasteiger partial charge in [-0.05, 0) is 60.1 Å². The highest BCUT2D eigenvalue weighted by Gasteiger charge is 2.52. The summed E-state index contributed by atoms with van der Waals surface area (Å²) in [6.45, 7) is 2.84. The molecule has 10 heteroatoms. The fraction of sp³-hybridized carbons (Fsp3) is 0.375. The number of carbonyl (C=O) groups excluding carboxylic acids is 3. The molecule has 2 saturated heterocycles. The van der Waals surface area contributed by atoms with Crippen molar-refractivity contribution in [1.29, 1.82) is 0 Å². The van der Waals surface area contributed by atoms with Crippen molar-refractivity contribution in [3.8, 4) is 0 Å². The fourth-order valence-corrected chi connectivity index (χ4v) is 6.11. The number of rotatable bonds is 8. The summed E-state index contributed by atoms with van der Waals surface area (Å²) < 4.78 is 33.4. The molecule has 2 N–H and O–H groups in total. The number of alkyl halides is 1. The Morgan fingerprint density at radius 3 is 2.71 bits per heavy atom. The molecule has 218 valence electrons. The van der Waals surface area contributed by atoms with E-state index in [9.17, 15) is 23.2 Å². The van der Waals surface area contributed by atoms with Crippen LogP contribution in [-0.2, 0) is 14.3 Å². The number of nitrogens with zero attached hydrogens (tertiary/aromatic N) is 2. The molecule has 42 heavy (non-hydrogen) atoms. The monoisotopic (exact) mass is 574 g/mol. The Hall–Kier alpha value is -4.18. The van der Waals surface area contributed by atoms with Crippen LogP contribution < -0.4 is 10.6 Å². The van der Waals surface area contributed by atoms with Gasteiger partial charge in [0.15, 0.2) is 0 Å². The highest BCUT2D eigenvalue weighted by atomic mass is 19.1. The number of pyridine rings is 1. The van der Waals surface area contributed by atoms with Crippen molar-refractivity contribution in [1.82, 2.24) is 20.5 Å². The average molecular weight is 575 g/mol. The van der Waals surface area contributed by atoms with Crippen molar-refractivity contribution in [3.05, 3.63) is 83.3 Å². The number of hydrogen-bond donors (Lipinski definition) is 2. The van der Waals surface area contributed by atoms with Crippen LogP contribution in [0.3, 0.4) is 0 Å². The van der Waals surface area contributed by atoms with E-state index in [1.807, 2.05) is 31.2 Å². The maximum Gasteiger partial charge on any atom is 0.270 e. The third kappa shape index (κ3) is 5.76. The van der Waals surface area contributed by atoms with E-state index in [1.165, 1.54) is 29.2 Å². The molecule has 6 rings (SSSR count). The van der Waals surface area contributed by atoms with Crippen LogP contribution in [0, 0.1) is 23.6 Å². The molecule has 0 bridgehead atoms. The van der Waals surface area contributed by atoms with Gasteiger partial charge in [0.05, 0.1) is 37.9 Å². The summed E-state index contributed by atoms with van der Waals surface area (Å²) in [5.74, 6) is -0.302. The zero-order valence-corrected chi connectivity index (χ0v) is 23.1. The largest absolute Gasteiger partial charge is 0.381 e. The molecule has 2 aliphatic heterocycles. The van der Waals surface area contributed by atoms with Crippen molar-refractivity contribution in [2.24, 2.45) is 17.8 Å². The number of ether oxygens (including phenoxy) is 1. The molecule has 2 aromatic carbocycles. The van der Waals surface area contributed by atoms with Gasteiger partial charge in [0.2, 0.25) is 11.8 Å². The SMILES string of the molecule is C[C@H](NC(=O)[C@@H]1C[C@@H](F)CN1C(=O)CNC(=O)c1ccc2cc(F)ccc2n1)c1ccccc1/C=C/C1[C@H]2COC[C@@H]12. The lowest BCUT2D eigenvalue weighted by molar-refractivity contribution is -0.138. The Bertz CT molecular complexity index is 1550. The summed E-state index contributed by atoms with van der Waals surface area (Å²) in [6, 6.07) is 13.5. The fourth-order valence-electron chi connectivity index (χ4n) is 6.11. The van der Waals surface area contributed by atoms with Gasteiger partial charge in [0.1, 0.15) is 23.7 Å². The second kappa shape index (κ2) is 11.6. The van der Waals surface area contributed by atoms with E-state index < -0.39 is 42.3 Å². The maximum atomic E-state index is 14.5. The number of likely N-dealkylation sites (tertiary alicyclic amines) is 1. The molecule has 6 atom stereocenters. The van der Waals surface area contributed by atoms with Crippen molar-refractivity contribution >= 4 is 34.7 Å². The van der Waals surface area contributed by atoms with Crippen LogP contribution in [0.15, 0.2) is 60.7 Å². The van der Waals surface area contributed by atoms with E-state index in [2.05, 4.69) is 27.8 Å². The molecule has 8 nitrogen and oxygen atoms in total. The van der Waals surface area contributed by atoms with Gasteiger partial charge in [0, 0.05) is 11.8 Å². The van der Waals surface area contributed by atoms with Gasteiger partial charge in [-0.2, -0.15) is 0 Å². The van der Waals surface area contributed by atoms with E-state index in [0.29, 0.717) is 28.7 Å². The van der Waals surface area contributed by atoms with Crippen LogP contribution in [0.5, 0.6) is 0 Å². The zero-order valence-electron chi connectivity index (χ0n) is 23.1. The highest BCUT2D eigenvalue weighted by molar-refractivity contribution is 5.97. The first kappa shape index (κ1) is 28.0. The Morgan fingerprint density at radius 1 is 1.12 bits per heavy atom. The van der Waals surface area contributed by atoms with E-state index >= 15 is 0 Å². The first-order valence-corrected chi connectivity index (χ1v) is 14.2. The molecule has 1 aromatic heterocycles. The summed E-state index contributed by atoms with van der Waals surface area (Å²) >= 11 is 0. The predicted molar refractivity (Wildman–Crippen MR) is 152 cm³/mol. The first-order chi connectivity index (χ1) is 20.3. The summed E-state index contributed by atoms with van der Waals surface area (Å²) in [6.07, 6.45) is 2.85. The summed E-state index contributed by atoms with van der Waals surface area (Å²) in [4.78, 5) is 44.4. The number of amides is 3. The van der Waals surface area contributed by atoms with Crippen LogP contribution in [0.2, 0.25) is 0 Å². The molecule has 3 fully saturated rings. The third-order valence-electron chi connectivity index (χ3n) is 8.49. The lowest BCUT2D eigenvalue weighted by Gasteiger charge is -2.26. The number of hydrogen-bond acceptors (Lipinski definition) is 5. The van der Waals surface area contributed by atoms with Crippen LogP contribution in [0.25, 0.3) is 17.0 Å². The van der Waals surface area contributed by atoms with E-state index in [-0.39, 0.29) is 24.7 Å². The van der Waals surface area contributed by atoms with Crippen LogP contribution in [-0.4, -0.2) is 66.1 Å². The number of benzene rings is 2. The predicted octanol–water partition coefficient (Wildman–Crippen LogP) is 3.83. The van der Waals surface area contributed by atoms with E-state index in [4.69, 9.17) is 4.74 Å². The standard InChI is InChI=1S/C32H32F2N4O4/c1-18(23-5-3-2-4-19(23)6-9-24-25-16-42-17-26(24)25)36-32(41)29-13-22(34)15-38(29)30(39)14-35-31(40)28-10-7-20-12-21(33)8-11-27(20)37-28/h2-12,18,22,24-26,29H,13-17H2,1H3,(H,35,40)(H,36,41)/b9-6+/t18-,22+,24?,25-,26+,29-/m0/s1. The number of carbonyl (C=O) groups is 3. The van der Waals surface area contributed by atoms with Crippen molar-refractivity contribution in [3.63, 3.8) is 0 Å². The van der Waals surface area contributed by atoms with Crippen LogP contribution >= 0.6 is 0 Å². The number of aromatic nitrogens is 1. The van der Waals surface area contributed by atoms with Gasteiger partial charge < -0.3 is 20.3 Å². The topological polar surface area (TPSA) is 101 Å². The molecular formula is C32H32F2N4O4. The number of halogens is 2. The van der Waals surface area contributed by atoms with Crippen molar-refractivity contribution in [2.45, 2.75) is 31.6 Å². The molecule has 1 unspecified atom stereocenters. The van der Waals surface area contributed by atoms with Gasteiger partial charge in [-0.15, -0.1) is 0 Å². The third-order valence-corrected chi connectivity index (χ3v) is 8.49. The summed E-state index contributed by atoms with van der Waals surface area (Å²) in [5.41, 5.74) is 2.41. The van der Waals surface area contributed by atoms with Gasteiger partial charge in [-0.25, -0.2) is 13.8 Å². The Kier molecular flexibility index (Phi) is 7.72. The molecule has 1 saturated carbocycles. The minimum absolute atomic E-state index is 0.0563. The number of allylic oxidation sites excluding steroid dienone is 1. The molecular weight excluding hydrogens is 542 g/mol. The molecule has 3 amide bonds. The number of nitrogens with one attached hydrogen (secondary N) is 2. The smallest absolute Gasteiger partial charge is 0.270 e. The average Bonchev–Trinajstić information content (AvgIpc) is 3.28. The molecule has 3 aromatic rings. The lowest BCUT2D eigenvalue weighted by Crippen LogP contribution is -2.49. The van der Waals surface area contributed by atoms with Crippen molar-refractivity contribution < 1.29 is 27.9 Å². The van der Waals surface area contributed by atoms with Gasteiger partial charge in [-0.1, -0.05) is 42.5 Å². The molecule has 1 aliphatic carbocycles. The number of fused-ring (bicyclic) bond motifs is 2. The minimum atomic E-state index is -1.35. The molecule has 0 radical (unpaired) electrons. The van der Waals surface area contributed by atoms with E-state index in [1.54, 1.807) is 6.07 Å². The Labute approximate surface area is 242 Å². The molecule has 3 heterocycles. The van der Waals surface area contributed by atoms with Crippen LogP contribution in [0.4, 0.5) is 8.78 Å². The maximum absolute atomic E-state index is 14.5. The van der Waals surface area contributed by atoms with Crippen LogP contribution in [0.1, 0.15) is 41.0 Å². The second-order valence-corrected chi connectivity index (χ2v) is 11.3. The summed E-state index contributed by atoms with van der Waals surface area (Å²) in [7, 11) is 0. The molecule has 0 spiro atoms. The van der Waals surface area contributed by atoms with E-state index in [0.717, 1.165) is 24.3 Å². The quantitative estimate of drug-likeness (QED) is 0.426. The van der Waals surface area contributed by atoms with Gasteiger partial charge >= 0.3 is 0 Å². The zero-order chi connectivity index (χ0) is 29.4. The Morgan fingerprint density at radius 2 is 1.90 bits per heavy atom. The second-order valence-electron chi connectivity index (χ2n) is 11.3. The van der Waals surface area contributed by atoms with Gasteiger partial charge in [-0.3, -0.25) is 14.4 Å². The normalized spacial score (nSPS) is 25.4. The highest BCUT2D eigenvalue weighted by Crippen LogP contribution is 2.51. The first-order valence-electron chi connectivity index (χ1n) is 14.2. The Balaban J connectivity index is 1.07. The molecule has 3 aliphatic rings. The minimum Gasteiger partial charge on any atom is -0.381 e. The lowest BCUT2D eigenvalue weighted by atomic mass is 10.00. The van der Waals surface area contributed by atoms with Gasteiger partial charge in [0.25, 0.3) is 5.91 Å². The summed E-state index contributed by atoms with van der Waals surface area (Å²) in [5, 5.41) is 6.01. The van der Waals surface area contributed by atoms with Crippen molar-refractivity contribution in [2.75, 3.05) is 26.3 Å².